The van der Waals surface area contributed by atoms with Crippen molar-refractivity contribution in [3.8, 4) is 0 Å². The Morgan fingerprint density at radius 3 is 2.65 bits per heavy atom. The Kier molecular flexibility index (Phi) is 6.02. The summed E-state index contributed by atoms with van der Waals surface area (Å²) in [6.45, 7) is 10.2. The van der Waals surface area contributed by atoms with Crippen molar-refractivity contribution < 1.29 is 4.79 Å². The van der Waals surface area contributed by atoms with E-state index in [0.717, 1.165) is 24.2 Å². The highest BCUT2D eigenvalue weighted by Gasteiger charge is 2.23. The first-order chi connectivity index (χ1) is 9.38. The van der Waals surface area contributed by atoms with E-state index in [-0.39, 0.29) is 11.4 Å². The van der Waals surface area contributed by atoms with Crippen LogP contribution in [0.1, 0.15) is 32.8 Å². The fraction of sp³-hybridized carbons (Fsp3) is 0.562. The number of nitrogens with one attached hydrogen (secondary N) is 1. The van der Waals surface area contributed by atoms with Crippen LogP contribution >= 0.6 is 0 Å². The predicted molar refractivity (Wildman–Crippen MR) is 84.9 cm³/mol. The molecule has 0 atom stereocenters. The van der Waals surface area contributed by atoms with Gasteiger partial charge in [-0.2, -0.15) is 0 Å². The Morgan fingerprint density at radius 2 is 2.10 bits per heavy atom. The normalized spacial score (nSPS) is 11.2. The molecule has 0 fully saturated rings. The van der Waals surface area contributed by atoms with Crippen LogP contribution in [0.5, 0.6) is 0 Å². The molecule has 1 aromatic rings. The molecular weight excluding hydrogens is 250 g/mol. The van der Waals surface area contributed by atoms with Gasteiger partial charge in [0.15, 0.2) is 0 Å². The molecule has 3 N–H and O–H groups in total. The van der Waals surface area contributed by atoms with Crippen LogP contribution in [-0.2, 0) is 0 Å². The lowest BCUT2D eigenvalue weighted by molar-refractivity contribution is 0.181. The molecule has 0 radical (unpaired) electrons. The van der Waals surface area contributed by atoms with Gasteiger partial charge in [-0.25, -0.2) is 4.79 Å². The summed E-state index contributed by atoms with van der Waals surface area (Å²) < 4.78 is 0. The van der Waals surface area contributed by atoms with Crippen LogP contribution in [0, 0.1) is 12.3 Å². The highest BCUT2D eigenvalue weighted by Crippen LogP contribution is 2.17. The number of carbonyl (C=O) groups excluding carboxylic acids is 1. The molecule has 4 nitrogen and oxygen atoms in total. The van der Waals surface area contributed by atoms with Crippen LogP contribution < -0.4 is 11.1 Å². The van der Waals surface area contributed by atoms with E-state index in [1.807, 2.05) is 36.1 Å². The molecule has 20 heavy (non-hydrogen) atoms. The topological polar surface area (TPSA) is 58.4 Å². The summed E-state index contributed by atoms with van der Waals surface area (Å²) in [6, 6.07) is 7.77. The Hall–Kier alpha value is -1.55. The third-order valence-corrected chi connectivity index (χ3v) is 3.22. The van der Waals surface area contributed by atoms with E-state index in [0.29, 0.717) is 13.1 Å². The largest absolute Gasteiger partial charge is 0.330 e. The average molecular weight is 277 g/mol. The molecular formula is C16H27N3O. The molecule has 112 valence electrons. The van der Waals surface area contributed by atoms with Gasteiger partial charge in [-0.05, 0) is 43.0 Å². The lowest BCUT2D eigenvalue weighted by Crippen LogP contribution is -2.44. The molecule has 0 spiro atoms. The first-order valence-corrected chi connectivity index (χ1v) is 7.20. The number of carbonyl (C=O) groups is 1. The standard InChI is InChI=1S/C16H27N3O/c1-5-9-19(12-16(3,4)11-17)15(20)18-14-8-6-7-13(2)10-14/h6-8,10H,5,9,11-12,17H2,1-4H3,(H,18,20). The van der Waals surface area contributed by atoms with Crippen LogP contribution in [0.2, 0.25) is 0 Å². The summed E-state index contributed by atoms with van der Waals surface area (Å²) in [5.74, 6) is 0. The summed E-state index contributed by atoms with van der Waals surface area (Å²) in [5, 5.41) is 2.96. The SMILES string of the molecule is CCCN(CC(C)(C)CN)C(=O)Nc1cccc(C)c1. The van der Waals surface area contributed by atoms with Crippen molar-refractivity contribution in [1.29, 1.82) is 0 Å². The van der Waals surface area contributed by atoms with Crippen molar-refractivity contribution in [3.63, 3.8) is 0 Å². The number of nitrogens with two attached hydrogens (primary N) is 1. The molecule has 0 aliphatic heterocycles. The number of amides is 2. The van der Waals surface area contributed by atoms with Crippen LogP contribution in [0.25, 0.3) is 0 Å². The number of hydrogen-bond donors (Lipinski definition) is 2. The van der Waals surface area contributed by atoms with Gasteiger partial charge in [0, 0.05) is 18.8 Å². The number of urea groups is 1. The smallest absolute Gasteiger partial charge is 0.321 e. The minimum Gasteiger partial charge on any atom is -0.330 e. The maximum absolute atomic E-state index is 12.4. The Bertz CT molecular complexity index is 443. The zero-order valence-electron chi connectivity index (χ0n) is 13.1. The van der Waals surface area contributed by atoms with Crippen molar-refractivity contribution in [2.45, 2.75) is 34.1 Å². The first-order valence-electron chi connectivity index (χ1n) is 7.20. The van der Waals surface area contributed by atoms with E-state index in [2.05, 4.69) is 26.1 Å². The van der Waals surface area contributed by atoms with Gasteiger partial charge >= 0.3 is 6.03 Å². The molecule has 1 aromatic carbocycles. The van der Waals surface area contributed by atoms with E-state index in [1.165, 1.54) is 0 Å². The summed E-state index contributed by atoms with van der Waals surface area (Å²) in [4.78, 5) is 14.2. The summed E-state index contributed by atoms with van der Waals surface area (Å²) in [5.41, 5.74) is 7.66. The molecule has 0 saturated carbocycles. The lowest BCUT2D eigenvalue weighted by atomic mass is 9.93. The van der Waals surface area contributed by atoms with Crippen molar-refractivity contribution in [3.05, 3.63) is 29.8 Å². The molecule has 1 rings (SSSR count). The summed E-state index contributed by atoms with van der Waals surface area (Å²) >= 11 is 0. The number of nitrogens with zero attached hydrogens (tertiary/aromatic N) is 1. The molecule has 0 saturated heterocycles. The third-order valence-electron chi connectivity index (χ3n) is 3.22. The van der Waals surface area contributed by atoms with Crippen molar-refractivity contribution >= 4 is 11.7 Å². The number of anilines is 1. The molecule has 4 heteroatoms. The third kappa shape index (κ3) is 5.21. The van der Waals surface area contributed by atoms with E-state index in [4.69, 9.17) is 5.73 Å². The highest BCUT2D eigenvalue weighted by atomic mass is 16.2. The lowest BCUT2D eigenvalue weighted by Gasteiger charge is -2.31. The van der Waals surface area contributed by atoms with E-state index < -0.39 is 0 Å². The van der Waals surface area contributed by atoms with Gasteiger partial charge in [-0.3, -0.25) is 0 Å². The number of hydrogen-bond acceptors (Lipinski definition) is 2. The second-order valence-corrected chi connectivity index (χ2v) is 6.09. The predicted octanol–water partition coefficient (Wildman–Crippen LogP) is 3.22. The van der Waals surface area contributed by atoms with Crippen molar-refractivity contribution in [2.75, 3.05) is 25.0 Å². The maximum atomic E-state index is 12.4. The fourth-order valence-corrected chi connectivity index (χ4v) is 2.03. The quantitative estimate of drug-likeness (QED) is 0.838. The summed E-state index contributed by atoms with van der Waals surface area (Å²) in [7, 11) is 0. The van der Waals surface area contributed by atoms with Gasteiger partial charge in [0.2, 0.25) is 0 Å². The minimum atomic E-state index is -0.0703. The molecule has 0 aliphatic carbocycles. The summed E-state index contributed by atoms with van der Waals surface area (Å²) in [6.07, 6.45) is 0.932. The molecule has 2 amide bonds. The molecule has 0 heterocycles. The van der Waals surface area contributed by atoms with Crippen LogP contribution in [0.15, 0.2) is 24.3 Å². The number of aryl methyl sites for hydroxylation is 1. The zero-order valence-corrected chi connectivity index (χ0v) is 13.1. The number of benzene rings is 1. The maximum Gasteiger partial charge on any atom is 0.321 e. The van der Waals surface area contributed by atoms with Crippen molar-refractivity contribution in [2.24, 2.45) is 11.1 Å². The first kappa shape index (κ1) is 16.5. The van der Waals surface area contributed by atoms with Gasteiger partial charge in [-0.15, -0.1) is 0 Å². The van der Waals surface area contributed by atoms with Crippen LogP contribution in [-0.4, -0.2) is 30.6 Å². The van der Waals surface area contributed by atoms with E-state index in [1.54, 1.807) is 0 Å². The molecule has 0 aromatic heterocycles. The van der Waals surface area contributed by atoms with Crippen LogP contribution in [0.4, 0.5) is 10.5 Å². The molecule has 0 bridgehead atoms. The highest BCUT2D eigenvalue weighted by molar-refractivity contribution is 5.89. The minimum absolute atomic E-state index is 0.0565. The number of rotatable bonds is 6. The van der Waals surface area contributed by atoms with Gasteiger partial charge in [0.05, 0.1) is 0 Å². The molecule has 0 unspecified atom stereocenters. The van der Waals surface area contributed by atoms with E-state index in [9.17, 15) is 4.79 Å². The Morgan fingerprint density at radius 1 is 1.40 bits per heavy atom. The fourth-order valence-electron chi connectivity index (χ4n) is 2.03. The van der Waals surface area contributed by atoms with Gasteiger partial charge < -0.3 is 16.0 Å². The van der Waals surface area contributed by atoms with Crippen LogP contribution in [0.3, 0.4) is 0 Å². The monoisotopic (exact) mass is 277 g/mol. The van der Waals surface area contributed by atoms with E-state index >= 15 is 0 Å². The average Bonchev–Trinajstić information content (AvgIpc) is 2.38. The zero-order chi connectivity index (χ0) is 15.2. The second-order valence-electron chi connectivity index (χ2n) is 6.09. The molecule has 0 aliphatic rings. The van der Waals surface area contributed by atoms with Gasteiger partial charge in [0.1, 0.15) is 0 Å². The Balaban J connectivity index is 2.74. The Labute approximate surface area is 122 Å². The van der Waals surface area contributed by atoms with Crippen molar-refractivity contribution in [1.82, 2.24) is 4.90 Å². The second kappa shape index (κ2) is 7.29. The van der Waals surface area contributed by atoms with Gasteiger partial charge in [-0.1, -0.05) is 32.9 Å². The van der Waals surface area contributed by atoms with Gasteiger partial charge in [0.25, 0.3) is 0 Å².